The third-order valence-corrected chi connectivity index (χ3v) is 4.92. The fourth-order valence-corrected chi connectivity index (χ4v) is 3.46. The maximum absolute atomic E-state index is 12.4. The van der Waals surface area contributed by atoms with Gasteiger partial charge in [-0.15, -0.1) is 0 Å². The number of imide groups is 1. The first-order valence-corrected chi connectivity index (χ1v) is 8.32. The molecule has 1 aromatic carbocycles. The van der Waals surface area contributed by atoms with Crippen LogP contribution >= 0.6 is 0 Å². The highest BCUT2D eigenvalue weighted by molar-refractivity contribution is 6.22. The lowest BCUT2D eigenvalue weighted by Crippen LogP contribution is -2.46. The number of hydrogen-bond acceptors (Lipinski definition) is 5. The molecule has 132 valence electrons. The summed E-state index contributed by atoms with van der Waals surface area (Å²) in [7, 11) is 0. The Morgan fingerprint density at radius 1 is 1.24 bits per heavy atom. The number of non-ortho nitro benzene ring substituents is 1. The van der Waals surface area contributed by atoms with E-state index in [1.807, 2.05) is 0 Å². The van der Waals surface area contributed by atoms with Crippen molar-refractivity contribution in [1.29, 1.82) is 0 Å². The third-order valence-electron chi connectivity index (χ3n) is 4.92. The van der Waals surface area contributed by atoms with E-state index in [0.29, 0.717) is 5.92 Å². The molecule has 0 unspecified atom stereocenters. The number of carbonyl (C=O) groups excluding carboxylic acids is 3. The van der Waals surface area contributed by atoms with Crippen LogP contribution in [0.15, 0.2) is 18.2 Å². The van der Waals surface area contributed by atoms with Gasteiger partial charge in [-0.2, -0.15) is 0 Å². The van der Waals surface area contributed by atoms with Crippen LogP contribution in [0.25, 0.3) is 0 Å². The summed E-state index contributed by atoms with van der Waals surface area (Å²) in [5.41, 5.74) is -0.199. The summed E-state index contributed by atoms with van der Waals surface area (Å²) in [6.07, 6.45) is 4.12. The lowest BCUT2D eigenvalue weighted by atomic mass is 9.86. The molecule has 1 heterocycles. The molecule has 0 spiro atoms. The molecule has 3 rings (SSSR count). The topological polar surface area (TPSA) is 110 Å². The van der Waals surface area contributed by atoms with Crippen molar-refractivity contribution in [3.8, 4) is 0 Å². The van der Waals surface area contributed by atoms with Gasteiger partial charge in [-0.3, -0.25) is 29.4 Å². The first-order valence-electron chi connectivity index (χ1n) is 8.32. The van der Waals surface area contributed by atoms with Crippen LogP contribution in [0.4, 0.5) is 5.69 Å². The largest absolute Gasteiger partial charge is 0.352 e. The molecule has 25 heavy (non-hydrogen) atoms. The molecule has 1 saturated carbocycles. The van der Waals surface area contributed by atoms with E-state index in [0.717, 1.165) is 36.6 Å². The Kier molecular flexibility index (Phi) is 4.52. The van der Waals surface area contributed by atoms with Gasteiger partial charge in [0.15, 0.2) is 0 Å². The number of hydrogen-bond donors (Lipinski definition) is 1. The van der Waals surface area contributed by atoms with Gasteiger partial charge in [0.1, 0.15) is 6.54 Å². The fourth-order valence-electron chi connectivity index (χ4n) is 3.46. The van der Waals surface area contributed by atoms with Gasteiger partial charge in [-0.25, -0.2) is 0 Å². The zero-order valence-corrected chi connectivity index (χ0v) is 13.9. The fraction of sp³-hybridized carbons (Fsp3) is 0.471. The normalized spacial score (nSPS) is 22.7. The van der Waals surface area contributed by atoms with Crippen LogP contribution in [0, 0.1) is 16.0 Å². The van der Waals surface area contributed by atoms with Gasteiger partial charge in [0, 0.05) is 18.2 Å². The van der Waals surface area contributed by atoms with Gasteiger partial charge < -0.3 is 5.32 Å². The molecule has 2 atom stereocenters. The summed E-state index contributed by atoms with van der Waals surface area (Å²) >= 11 is 0. The van der Waals surface area contributed by atoms with Crippen LogP contribution < -0.4 is 5.32 Å². The summed E-state index contributed by atoms with van der Waals surface area (Å²) in [6, 6.07) is 3.57. The number of rotatable bonds is 4. The second-order valence-corrected chi connectivity index (χ2v) is 6.62. The van der Waals surface area contributed by atoms with Crippen molar-refractivity contribution in [2.45, 2.75) is 38.6 Å². The van der Waals surface area contributed by atoms with Crippen LogP contribution in [0.1, 0.15) is 53.3 Å². The minimum Gasteiger partial charge on any atom is -0.352 e. The minimum atomic E-state index is -0.671. The van der Waals surface area contributed by atoms with Crippen molar-refractivity contribution >= 4 is 23.4 Å². The van der Waals surface area contributed by atoms with Gasteiger partial charge in [0.05, 0.1) is 16.1 Å². The lowest BCUT2D eigenvalue weighted by Gasteiger charge is -2.30. The highest BCUT2D eigenvalue weighted by atomic mass is 16.6. The highest BCUT2D eigenvalue weighted by Gasteiger charge is 2.38. The molecule has 1 aromatic rings. The molecule has 0 saturated heterocycles. The van der Waals surface area contributed by atoms with E-state index in [1.54, 1.807) is 0 Å². The lowest BCUT2D eigenvalue weighted by molar-refractivity contribution is -0.384. The molecule has 2 aliphatic rings. The van der Waals surface area contributed by atoms with Crippen molar-refractivity contribution in [1.82, 2.24) is 10.2 Å². The van der Waals surface area contributed by atoms with Crippen molar-refractivity contribution in [3.05, 3.63) is 39.4 Å². The summed E-state index contributed by atoms with van der Waals surface area (Å²) in [4.78, 5) is 48.0. The van der Waals surface area contributed by atoms with Gasteiger partial charge in [0.25, 0.3) is 17.5 Å². The monoisotopic (exact) mass is 345 g/mol. The molecule has 8 heteroatoms. The molecular formula is C17H19N3O5. The van der Waals surface area contributed by atoms with Crippen molar-refractivity contribution in [3.63, 3.8) is 0 Å². The number of nitrogens with zero attached hydrogens (tertiary/aromatic N) is 2. The maximum Gasteiger partial charge on any atom is 0.270 e. The number of nitro groups is 1. The average Bonchev–Trinajstić information content (AvgIpc) is 2.81. The first-order chi connectivity index (χ1) is 11.9. The summed E-state index contributed by atoms with van der Waals surface area (Å²) in [5, 5.41) is 13.7. The molecule has 1 N–H and O–H groups in total. The van der Waals surface area contributed by atoms with Gasteiger partial charge in [-0.1, -0.05) is 19.8 Å². The SMILES string of the molecule is C[C@H]1CCCC[C@@H]1NC(=O)CN1C(=O)c2ccc([N+](=O)[O-])cc2C1=O. The molecule has 0 bridgehead atoms. The van der Waals surface area contributed by atoms with Crippen LogP contribution in [0.3, 0.4) is 0 Å². The average molecular weight is 345 g/mol. The smallest absolute Gasteiger partial charge is 0.270 e. The quantitative estimate of drug-likeness (QED) is 0.509. The first kappa shape index (κ1) is 17.1. The molecule has 1 aliphatic heterocycles. The highest BCUT2D eigenvalue weighted by Crippen LogP contribution is 2.27. The Hall–Kier alpha value is -2.77. The Morgan fingerprint density at radius 2 is 1.92 bits per heavy atom. The Bertz CT molecular complexity index is 761. The molecule has 8 nitrogen and oxygen atoms in total. The van der Waals surface area contributed by atoms with E-state index in [-0.39, 0.29) is 35.3 Å². The summed E-state index contributed by atoms with van der Waals surface area (Å²) in [5.74, 6) is -1.29. The van der Waals surface area contributed by atoms with E-state index in [2.05, 4.69) is 12.2 Å². The predicted molar refractivity (Wildman–Crippen MR) is 88.0 cm³/mol. The van der Waals surface area contributed by atoms with E-state index >= 15 is 0 Å². The number of fused-ring (bicyclic) bond motifs is 1. The maximum atomic E-state index is 12.4. The predicted octanol–water partition coefficient (Wildman–Crippen LogP) is 1.89. The minimum absolute atomic E-state index is 0.0296. The molecule has 1 aliphatic carbocycles. The molecular weight excluding hydrogens is 326 g/mol. The van der Waals surface area contributed by atoms with Crippen LogP contribution in [-0.2, 0) is 4.79 Å². The van der Waals surface area contributed by atoms with Crippen LogP contribution in [0.5, 0.6) is 0 Å². The van der Waals surface area contributed by atoms with Gasteiger partial charge >= 0.3 is 0 Å². The number of nitro benzene ring substituents is 1. The van der Waals surface area contributed by atoms with E-state index in [4.69, 9.17) is 0 Å². The van der Waals surface area contributed by atoms with Crippen LogP contribution in [0.2, 0.25) is 0 Å². The van der Waals surface area contributed by atoms with E-state index < -0.39 is 16.7 Å². The van der Waals surface area contributed by atoms with Crippen molar-refractivity contribution in [2.75, 3.05) is 6.54 Å². The second-order valence-electron chi connectivity index (χ2n) is 6.62. The summed E-state index contributed by atoms with van der Waals surface area (Å²) in [6.45, 7) is 1.70. The Morgan fingerprint density at radius 3 is 2.60 bits per heavy atom. The Balaban J connectivity index is 1.71. The third kappa shape index (κ3) is 3.24. The zero-order valence-electron chi connectivity index (χ0n) is 13.9. The summed E-state index contributed by atoms with van der Waals surface area (Å²) < 4.78 is 0. The molecule has 3 amide bonds. The number of nitrogens with one attached hydrogen (secondary N) is 1. The zero-order chi connectivity index (χ0) is 18.1. The van der Waals surface area contributed by atoms with Crippen molar-refractivity contribution < 1.29 is 19.3 Å². The van der Waals surface area contributed by atoms with Crippen molar-refractivity contribution in [2.24, 2.45) is 5.92 Å². The van der Waals surface area contributed by atoms with E-state index in [9.17, 15) is 24.5 Å². The molecule has 0 aromatic heterocycles. The number of amides is 3. The second kappa shape index (κ2) is 6.62. The number of benzene rings is 1. The Labute approximate surface area is 144 Å². The number of carbonyl (C=O) groups is 3. The van der Waals surface area contributed by atoms with Crippen LogP contribution in [-0.4, -0.2) is 40.1 Å². The standard InChI is InChI=1S/C17H19N3O5/c1-10-4-2-3-5-14(10)18-15(21)9-19-16(22)12-7-6-11(20(24)25)8-13(12)17(19)23/h6-8,10,14H,2-5,9H2,1H3,(H,18,21)/t10-,14-/m0/s1. The van der Waals surface area contributed by atoms with E-state index in [1.165, 1.54) is 12.1 Å². The van der Waals surface area contributed by atoms with Gasteiger partial charge in [-0.05, 0) is 24.8 Å². The molecule has 1 fully saturated rings. The van der Waals surface area contributed by atoms with Gasteiger partial charge in [0.2, 0.25) is 5.91 Å². The molecule has 0 radical (unpaired) electrons.